The molecule has 3 N–H and O–H groups in total. The van der Waals surface area contributed by atoms with Crippen LogP contribution in [0.3, 0.4) is 0 Å². The van der Waals surface area contributed by atoms with Crippen LogP contribution in [-0.4, -0.2) is 48.3 Å². The standard InChI is InChI=1S/C24H37N3O6/c1-8-32-22(30)16(4)20(28)25-18(14-17-12-10-9-11-13-17)26-21(29)19(15(2)3)27-23(31)33-24(5,6)7/h9-13,15-16,18-19H,8,14H2,1-7H3,(H,25,28)(H,26,29)(H,27,31)/t16?,18-,19-/m0/s1. The molecule has 9 nitrogen and oxygen atoms in total. The molecule has 3 atom stereocenters. The van der Waals surface area contributed by atoms with Crippen molar-refractivity contribution in [2.45, 2.75) is 72.7 Å². The zero-order valence-corrected chi connectivity index (χ0v) is 20.6. The van der Waals surface area contributed by atoms with Gasteiger partial charge in [-0.1, -0.05) is 44.2 Å². The zero-order valence-electron chi connectivity index (χ0n) is 20.6. The lowest BCUT2D eigenvalue weighted by Crippen LogP contribution is -2.58. The van der Waals surface area contributed by atoms with E-state index in [4.69, 9.17) is 9.47 Å². The Morgan fingerprint density at radius 1 is 0.909 bits per heavy atom. The first-order valence-corrected chi connectivity index (χ1v) is 11.1. The van der Waals surface area contributed by atoms with Gasteiger partial charge in [-0.2, -0.15) is 0 Å². The number of esters is 1. The van der Waals surface area contributed by atoms with E-state index in [1.807, 2.05) is 30.3 Å². The molecular weight excluding hydrogens is 426 g/mol. The van der Waals surface area contributed by atoms with Crippen molar-refractivity contribution in [3.63, 3.8) is 0 Å². The van der Waals surface area contributed by atoms with E-state index in [1.165, 1.54) is 6.92 Å². The summed E-state index contributed by atoms with van der Waals surface area (Å²) in [5.74, 6) is -2.99. The first-order valence-electron chi connectivity index (χ1n) is 11.1. The number of carbonyl (C=O) groups is 4. The van der Waals surface area contributed by atoms with Crippen LogP contribution in [0.15, 0.2) is 30.3 Å². The molecule has 0 aromatic heterocycles. The summed E-state index contributed by atoms with van der Waals surface area (Å²) in [6.45, 7) is 12.0. The van der Waals surface area contributed by atoms with Crippen LogP contribution in [0.4, 0.5) is 4.79 Å². The molecule has 0 saturated heterocycles. The summed E-state index contributed by atoms with van der Waals surface area (Å²) in [4.78, 5) is 49.8. The summed E-state index contributed by atoms with van der Waals surface area (Å²) >= 11 is 0. The fourth-order valence-electron chi connectivity index (χ4n) is 2.89. The van der Waals surface area contributed by atoms with Gasteiger partial charge >= 0.3 is 12.1 Å². The van der Waals surface area contributed by atoms with Gasteiger partial charge in [-0.3, -0.25) is 14.4 Å². The SMILES string of the molecule is CCOC(=O)C(C)C(=O)N[C@H](Cc1ccccc1)NC(=O)[C@@H](NC(=O)OC(C)(C)C)C(C)C. The Balaban J connectivity index is 2.99. The smallest absolute Gasteiger partial charge is 0.408 e. The second kappa shape index (κ2) is 12.8. The Labute approximate surface area is 196 Å². The number of amides is 3. The summed E-state index contributed by atoms with van der Waals surface area (Å²) in [5, 5.41) is 8.08. The number of hydrogen-bond acceptors (Lipinski definition) is 6. The number of carbonyl (C=O) groups excluding carboxylic acids is 4. The highest BCUT2D eigenvalue weighted by molar-refractivity contribution is 5.97. The molecule has 0 aliphatic rings. The molecule has 0 aliphatic carbocycles. The number of alkyl carbamates (subject to hydrolysis) is 1. The van der Waals surface area contributed by atoms with E-state index in [-0.39, 0.29) is 18.9 Å². The molecule has 1 unspecified atom stereocenters. The molecule has 0 heterocycles. The van der Waals surface area contributed by atoms with E-state index < -0.39 is 47.6 Å². The van der Waals surface area contributed by atoms with Crippen LogP contribution < -0.4 is 16.0 Å². The molecule has 9 heteroatoms. The van der Waals surface area contributed by atoms with Crippen LogP contribution in [0.1, 0.15) is 54.0 Å². The topological polar surface area (TPSA) is 123 Å². The van der Waals surface area contributed by atoms with Gasteiger partial charge in [0.05, 0.1) is 6.61 Å². The van der Waals surface area contributed by atoms with Gasteiger partial charge in [0, 0.05) is 6.42 Å². The summed E-state index contributed by atoms with van der Waals surface area (Å²) in [5.41, 5.74) is 0.155. The maximum Gasteiger partial charge on any atom is 0.408 e. The lowest BCUT2D eigenvalue weighted by atomic mass is 10.0. The van der Waals surface area contributed by atoms with E-state index in [2.05, 4.69) is 16.0 Å². The van der Waals surface area contributed by atoms with Gasteiger partial charge in [0.2, 0.25) is 11.8 Å². The normalized spacial score (nSPS) is 13.9. The third kappa shape index (κ3) is 10.4. The van der Waals surface area contributed by atoms with Gasteiger partial charge in [0.25, 0.3) is 0 Å². The molecule has 0 saturated carbocycles. The Morgan fingerprint density at radius 2 is 1.48 bits per heavy atom. The summed E-state index contributed by atoms with van der Waals surface area (Å²) in [6.07, 6.45) is -1.24. The predicted molar refractivity (Wildman–Crippen MR) is 124 cm³/mol. The second-order valence-corrected chi connectivity index (χ2v) is 9.10. The molecule has 1 aromatic rings. The lowest BCUT2D eigenvalue weighted by molar-refractivity contribution is -0.151. The lowest BCUT2D eigenvalue weighted by Gasteiger charge is -2.28. The molecule has 3 amide bonds. The first kappa shape index (κ1) is 27.9. The van der Waals surface area contributed by atoms with Crippen molar-refractivity contribution >= 4 is 23.9 Å². The molecular formula is C24H37N3O6. The number of hydrogen-bond donors (Lipinski definition) is 3. The number of rotatable bonds is 10. The molecule has 0 aliphatic heterocycles. The average Bonchev–Trinajstić information content (AvgIpc) is 2.70. The van der Waals surface area contributed by atoms with Crippen molar-refractivity contribution in [1.29, 1.82) is 0 Å². The average molecular weight is 464 g/mol. The van der Waals surface area contributed by atoms with Crippen molar-refractivity contribution in [2.24, 2.45) is 11.8 Å². The van der Waals surface area contributed by atoms with Crippen LogP contribution >= 0.6 is 0 Å². The van der Waals surface area contributed by atoms with E-state index in [1.54, 1.807) is 41.5 Å². The highest BCUT2D eigenvalue weighted by atomic mass is 16.6. The van der Waals surface area contributed by atoms with Crippen molar-refractivity contribution < 1.29 is 28.7 Å². The van der Waals surface area contributed by atoms with Crippen LogP contribution in [0.25, 0.3) is 0 Å². The third-order valence-corrected chi connectivity index (χ3v) is 4.57. The van der Waals surface area contributed by atoms with Crippen molar-refractivity contribution in [2.75, 3.05) is 6.61 Å². The molecule has 0 fully saturated rings. The summed E-state index contributed by atoms with van der Waals surface area (Å²) in [7, 11) is 0. The van der Waals surface area contributed by atoms with Gasteiger partial charge in [0.1, 0.15) is 23.7 Å². The van der Waals surface area contributed by atoms with Gasteiger partial charge in [0.15, 0.2) is 0 Å². The number of ether oxygens (including phenoxy) is 2. The van der Waals surface area contributed by atoms with Crippen molar-refractivity contribution in [1.82, 2.24) is 16.0 Å². The van der Waals surface area contributed by atoms with Crippen LogP contribution in [0.2, 0.25) is 0 Å². The zero-order chi connectivity index (χ0) is 25.2. The number of nitrogens with one attached hydrogen (secondary N) is 3. The minimum atomic E-state index is -1.04. The molecule has 0 spiro atoms. The minimum Gasteiger partial charge on any atom is -0.465 e. The van der Waals surface area contributed by atoms with Gasteiger partial charge in [-0.05, 0) is 46.1 Å². The summed E-state index contributed by atoms with van der Waals surface area (Å²) < 4.78 is 10.2. The van der Waals surface area contributed by atoms with E-state index in [0.717, 1.165) is 5.56 Å². The molecule has 1 rings (SSSR count). The Kier molecular flexibility index (Phi) is 10.8. The predicted octanol–water partition coefficient (Wildman–Crippen LogP) is 2.54. The summed E-state index contributed by atoms with van der Waals surface area (Å²) in [6, 6.07) is 8.38. The number of benzene rings is 1. The maximum atomic E-state index is 13.0. The maximum absolute atomic E-state index is 13.0. The third-order valence-electron chi connectivity index (χ3n) is 4.57. The van der Waals surface area contributed by atoms with Crippen LogP contribution in [0.5, 0.6) is 0 Å². The van der Waals surface area contributed by atoms with Crippen LogP contribution in [-0.2, 0) is 30.3 Å². The molecule has 0 bridgehead atoms. The highest BCUT2D eigenvalue weighted by Gasteiger charge is 2.30. The Bertz CT molecular complexity index is 804. The molecule has 184 valence electrons. The Hall–Kier alpha value is -3.10. The van der Waals surface area contributed by atoms with Crippen molar-refractivity contribution in [3.8, 4) is 0 Å². The minimum absolute atomic E-state index is 0.160. The van der Waals surface area contributed by atoms with Gasteiger partial charge in [-0.15, -0.1) is 0 Å². The largest absolute Gasteiger partial charge is 0.465 e. The quantitative estimate of drug-likeness (QED) is 0.278. The van der Waals surface area contributed by atoms with Crippen LogP contribution in [0, 0.1) is 11.8 Å². The van der Waals surface area contributed by atoms with E-state index >= 15 is 0 Å². The Morgan fingerprint density at radius 3 is 2.00 bits per heavy atom. The van der Waals surface area contributed by atoms with E-state index in [0.29, 0.717) is 0 Å². The van der Waals surface area contributed by atoms with Crippen molar-refractivity contribution in [3.05, 3.63) is 35.9 Å². The van der Waals surface area contributed by atoms with E-state index in [9.17, 15) is 19.2 Å². The first-order chi connectivity index (χ1) is 15.3. The van der Waals surface area contributed by atoms with Gasteiger partial charge in [-0.25, -0.2) is 4.79 Å². The highest BCUT2D eigenvalue weighted by Crippen LogP contribution is 2.10. The monoisotopic (exact) mass is 463 g/mol. The van der Waals surface area contributed by atoms with Gasteiger partial charge < -0.3 is 25.4 Å². The second-order valence-electron chi connectivity index (χ2n) is 9.10. The molecule has 33 heavy (non-hydrogen) atoms. The molecule has 1 aromatic carbocycles. The fraction of sp³-hybridized carbons (Fsp3) is 0.583. The molecule has 0 radical (unpaired) electrons. The fourth-order valence-corrected chi connectivity index (χ4v) is 2.89.